The van der Waals surface area contributed by atoms with Crippen molar-refractivity contribution in [3.63, 3.8) is 0 Å². The van der Waals surface area contributed by atoms with Crippen LogP contribution in [0.25, 0.3) is 11.3 Å². The summed E-state index contributed by atoms with van der Waals surface area (Å²) in [6.45, 7) is 1.93. The Morgan fingerprint density at radius 1 is 1.00 bits per heavy atom. The van der Waals surface area contributed by atoms with E-state index in [1.807, 2.05) is 6.07 Å². The smallest absolute Gasteiger partial charge is 0.222 e. The molecule has 6 heteroatoms. The lowest BCUT2D eigenvalue weighted by atomic mass is 10.1. The molecular formula is C15H18FN5. The summed E-state index contributed by atoms with van der Waals surface area (Å²) in [6.07, 6.45) is 3.54. The summed E-state index contributed by atoms with van der Waals surface area (Å²) in [5.41, 5.74) is 12.7. The van der Waals surface area contributed by atoms with Crippen LogP contribution in [0, 0.1) is 5.82 Å². The first-order valence-electron chi connectivity index (χ1n) is 7.08. The van der Waals surface area contributed by atoms with E-state index in [9.17, 15) is 4.39 Å². The number of aromatic nitrogens is 2. The van der Waals surface area contributed by atoms with E-state index in [2.05, 4.69) is 14.9 Å². The molecule has 1 aromatic heterocycles. The third-order valence-electron chi connectivity index (χ3n) is 3.71. The molecule has 0 saturated carbocycles. The summed E-state index contributed by atoms with van der Waals surface area (Å²) in [4.78, 5) is 10.7. The second-order valence-electron chi connectivity index (χ2n) is 5.25. The number of hydrogen-bond donors (Lipinski definition) is 2. The van der Waals surface area contributed by atoms with E-state index >= 15 is 0 Å². The number of piperidine rings is 1. The van der Waals surface area contributed by atoms with Crippen LogP contribution in [0.4, 0.5) is 21.8 Å². The molecule has 5 nitrogen and oxygen atoms in total. The monoisotopic (exact) mass is 287 g/mol. The molecule has 1 fully saturated rings. The van der Waals surface area contributed by atoms with Gasteiger partial charge in [0.1, 0.15) is 11.6 Å². The van der Waals surface area contributed by atoms with E-state index in [0.29, 0.717) is 11.3 Å². The van der Waals surface area contributed by atoms with E-state index < -0.39 is 5.82 Å². The maximum atomic E-state index is 13.6. The van der Waals surface area contributed by atoms with Crippen molar-refractivity contribution in [3.05, 3.63) is 30.1 Å². The van der Waals surface area contributed by atoms with Crippen LogP contribution < -0.4 is 16.4 Å². The maximum absolute atomic E-state index is 13.6. The highest BCUT2D eigenvalue weighted by molar-refractivity contribution is 5.66. The quantitative estimate of drug-likeness (QED) is 0.829. The van der Waals surface area contributed by atoms with Crippen molar-refractivity contribution >= 4 is 17.5 Å². The fraction of sp³-hybridized carbons (Fsp3) is 0.333. The number of halogens is 1. The molecule has 0 amide bonds. The Morgan fingerprint density at radius 3 is 2.48 bits per heavy atom. The fourth-order valence-corrected chi connectivity index (χ4v) is 2.57. The standard InChI is InChI=1S/C15H18FN5/c16-11-8-10(4-5-12(11)17)13-9-14(20-15(18)19-13)21-6-2-1-3-7-21/h4-5,8-9H,1-3,6-7,17H2,(H2,18,19,20). The molecule has 0 aliphatic carbocycles. The Bertz CT molecular complexity index is 653. The van der Waals surface area contributed by atoms with Gasteiger partial charge < -0.3 is 16.4 Å². The van der Waals surface area contributed by atoms with Crippen LogP contribution in [0.15, 0.2) is 24.3 Å². The highest BCUT2D eigenvalue weighted by Gasteiger charge is 2.15. The van der Waals surface area contributed by atoms with Gasteiger partial charge in [-0.25, -0.2) is 9.37 Å². The topological polar surface area (TPSA) is 81.1 Å². The van der Waals surface area contributed by atoms with Gasteiger partial charge >= 0.3 is 0 Å². The lowest BCUT2D eigenvalue weighted by Gasteiger charge is -2.28. The third kappa shape index (κ3) is 2.89. The molecule has 110 valence electrons. The third-order valence-corrected chi connectivity index (χ3v) is 3.71. The van der Waals surface area contributed by atoms with Gasteiger partial charge in [-0.2, -0.15) is 4.98 Å². The van der Waals surface area contributed by atoms with Gasteiger partial charge in [0.15, 0.2) is 0 Å². The number of benzene rings is 1. The maximum Gasteiger partial charge on any atom is 0.222 e. The van der Waals surface area contributed by atoms with Gasteiger partial charge in [-0.1, -0.05) is 6.07 Å². The average Bonchev–Trinajstić information content (AvgIpc) is 2.50. The molecule has 0 bridgehead atoms. The van der Waals surface area contributed by atoms with E-state index in [0.717, 1.165) is 31.7 Å². The van der Waals surface area contributed by atoms with Crippen LogP contribution in [0.3, 0.4) is 0 Å². The van der Waals surface area contributed by atoms with Gasteiger partial charge in [0.2, 0.25) is 5.95 Å². The number of nitrogens with zero attached hydrogens (tertiary/aromatic N) is 3. The van der Waals surface area contributed by atoms with Gasteiger partial charge in [-0.15, -0.1) is 0 Å². The lowest BCUT2D eigenvalue weighted by Crippen LogP contribution is -2.30. The van der Waals surface area contributed by atoms with Crippen LogP contribution in [-0.4, -0.2) is 23.1 Å². The predicted molar refractivity (Wildman–Crippen MR) is 82.3 cm³/mol. The van der Waals surface area contributed by atoms with Gasteiger partial charge in [-0.05, 0) is 31.4 Å². The first-order chi connectivity index (χ1) is 10.1. The van der Waals surface area contributed by atoms with Crippen LogP contribution in [0.1, 0.15) is 19.3 Å². The molecule has 0 spiro atoms. The number of nitrogen functional groups attached to an aromatic ring is 2. The normalized spacial score (nSPS) is 15.2. The SMILES string of the molecule is Nc1nc(-c2ccc(N)c(F)c2)cc(N2CCCCC2)n1. The molecule has 3 rings (SSSR count). The molecule has 1 aliphatic heterocycles. The summed E-state index contributed by atoms with van der Waals surface area (Å²) in [6, 6.07) is 6.49. The Morgan fingerprint density at radius 2 is 1.76 bits per heavy atom. The van der Waals surface area contributed by atoms with Crippen molar-refractivity contribution in [2.45, 2.75) is 19.3 Å². The summed E-state index contributed by atoms with van der Waals surface area (Å²) >= 11 is 0. The lowest BCUT2D eigenvalue weighted by molar-refractivity contribution is 0.573. The Kier molecular flexibility index (Phi) is 3.60. The number of nitrogens with two attached hydrogens (primary N) is 2. The Balaban J connectivity index is 1.98. The van der Waals surface area contributed by atoms with Gasteiger partial charge in [0.05, 0.1) is 11.4 Å². The molecule has 1 aliphatic rings. The van der Waals surface area contributed by atoms with Crippen LogP contribution in [0.2, 0.25) is 0 Å². The minimum atomic E-state index is -0.454. The Hall–Kier alpha value is -2.37. The molecule has 1 saturated heterocycles. The fourth-order valence-electron chi connectivity index (χ4n) is 2.57. The summed E-state index contributed by atoms with van der Waals surface area (Å²) in [5.74, 6) is 0.545. The molecule has 2 heterocycles. The zero-order valence-electron chi connectivity index (χ0n) is 11.7. The largest absolute Gasteiger partial charge is 0.396 e. The van der Waals surface area contributed by atoms with Gasteiger partial charge in [0, 0.05) is 24.7 Å². The van der Waals surface area contributed by atoms with E-state index in [1.165, 1.54) is 18.6 Å². The first kappa shape index (κ1) is 13.6. The molecule has 1 aromatic carbocycles. The molecule has 21 heavy (non-hydrogen) atoms. The summed E-state index contributed by atoms with van der Waals surface area (Å²) in [5, 5.41) is 0. The van der Waals surface area contributed by atoms with E-state index in [4.69, 9.17) is 11.5 Å². The van der Waals surface area contributed by atoms with Crippen LogP contribution in [-0.2, 0) is 0 Å². The highest BCUT2D eigenvalue weighted by atomic mass is 19.1. The molecule has 2 aromatic rings. The van der Waals surface area contributed by atoms with Gasteiger partial charge in [-0.3, -0.25) is 0 Å². The highest BCUT2D eigenvalue weighted by Crippen LogP contribution is 2.26. The number of rotatable bonds is 2. The van der Waals surface area contributed by atoms with Crippen LogP contribution in [0.5, 0.6) is 0 Å². The Labute approximate surface area is 122 Å². The number of hydrogen-bond acceptors (Lipinski definition) is 5. The van der Waals surface area contributed by atoms with Crippen LogP contribution >= 0.6 is 0 Å². The second kappa shape index (κ2) is 5.55. The van der Waals surface area contributed by atoms with Crippen molar-refractivity contribution in [1.29, 1.82) is 0 Å². The minimum absolute atomic E-state index is 0.122. The van der Waals surface area contributed by atoms with Crippen molar-refractivity contribution in [1.82, 2.24) is 9.97 Å². The van der Waals surface area contributed by atoms with Crippen molar-refractivity contribution in [2.24, 2.45) is 0 Å². The van der Waals surface area contributed by atoms with E-state index in [-0.39, 0.29) is 11.6 Å². The average molecular weight is 287 g/mol. The minimum Gasteiger partial charge on any atom is -0.396 e. The molecule has 0 atom stereocenters. The molecule has 0 unspecified atom stereocenters. The van der Waals surface area contributed by atoms with E-state index in [1.54, 1.807) is 6.07 Å². The zero-order chi connectivity index (χ0) is 14.8. The van der Waals surface area contributed by atoms with Crippen molar-refractivity contribution < 1.29 is 4.39 Å². The molecule has 4 N–H and O–H groups in total. The first-order valence-corrected chi connectivity index (χ1v) is 7.08. The number of anilines is 3. The molecular weight excluding hydrogens is 269 g/mol. The summed E-state index contributed by atoms with van der Waals surface area (Å²) < 4.78 is 13.6. The van der Waals surface area contributed by atoms with Crippen molar-refractivity contribution in [2.75, 3.05) is 29.5 Å². The van der Waals surface area contributed by atoms with Crippen molar-refractivity contribution in [3.8, 4) is 11.3 Å². The predicted octanol–water partition coefficient (Wildman–Crippen LogP) is 2.44. The second-order valence-corrected chi connectivity index (χ2v) is 5.25. The summed E-state index contributed by atoms with van der Waals surface area (Å²) in [7, 11) is 0. The molecule has 0 radical (unpaired) electrons. The van der Waals surface area contributed by atoms with Gasteiger partial charge in [0.25, 0.3) is 0 Å². The zero-order valence-corrected chi connectivity index (χ0v) is 11.7.